The van der Waals surface area contributed by atoms with Gasteiger partial charge in [-0.15, -0.1) is 0 Å². The van der Waals surface area contributed by atoms with Crippen LogP contribution in [0.1, 0.15) is 45.2 Å². The average Bonchev–Trinajstić information content (AvgIpc) is 2.86. The third kappa shape index (κ3) is 4.08. The molecule has 1 fully saturated rings. The molecule has 5 nitrogen and oxygen atoms in total. The maximum Gasteiger partial charge on any atom is 0.242 e. The standard InChI is InChI=1S/C15H27N3O2S/c1-4-18-11-15(9-14(18)10-16-3)21(19,20)17-13-7-5-12(2)6-8-13/h9,11-13,16-17H,4-8,10H2,1-3H3. The Hall–Kier alpha value is -0.850. The highest BCUT2D eigenvalue weighted by atomic mass is 32.2. The summed E-state index contributed by atoms with van der Waals surface area (Å²) in [6, 6.07) is 1.86. The van der Waals surface area contributed by atoms with Crippen LogP contribution in [0.3, 0.4) is 0 Å². The van der Waals surface area contributed by atoms with Gasteiger partial charge in [-0.3, -0.25) is 0 Å². The van der Waals surface area contributed by atoms with Crippen LogP contribution in [0.5, 0.6) is 0 Å². The van der Waals surface area contributed by atoms with Gasteiger partial charge in [0.2, 0.25) is 10.0 Å². The van der Waals surface area contributed by atoms with Crippen molar-refractivity contribution >= 4 is 10.0 Å². The Labute approximate surface area is 128 Å². The fraction of sp³-hybridized carbons (Fsp3) is 0.733. The first-order chi connectivity index (χ1) is 9.96. The minimum Gasteiger partial charge on any atom is -0.349 e. The molecule has 120 valence electrons. The molecule has 1 aliphatic carbocycles. The Balaban J connectivity index is 2.12. The molecule has 6 heteroatoms. The highest BCUT2D eigenvalue weighted by molar-refractivity contribution is 7.89. The van der Waals surface area contributed by atoms with E-state index in [9.17, 15) is 8.42 Å². The average molecular weight is 313 g/mol. The summed E-state index contributed by atoms with van der Waals surface area (Å²) in [7, 11) is -1.54. The van der Waals surface area contributed by atoms with Crippen molar-refractivity contribution in [2.24, 2.45) is 5.92 Å². The Bertz CT molecular complexity index is 557. The molecule has 2 rings (SSSR count). The van der Waals surface area contributed by atoms with Gasteiger partial charge in [-0.25, -0.2) is 13.1 Å². The second kappa shape index (κ2) is 6.94. The van der Waals surface area contributed by atoms with Crippen molar-refractivity contribution in [3.05, 3.63) is 18.0 Å². The summed E-state index contributed by atoms with van der Waals surface area (Å²) in [4.78, 5) is 0.383. The van der Waals surface area contributed by atoms with Gasteiger partial charge < -0.3 is 9.88 Å². The number of rotatable bonds is 6. The molecule has 0 radical (unpaired) electrons. The van der Waals surface area contributed by atoms with Gasteiger partial charge >= 0.3 is 0 Å². The number of hydrogen-bond acceptors (Lipinski definition) is 3. The van der Waals surface area contributed by atoms with Crippen LogP contribution in [0, 0.1) is 5.92 Å². The third-order valence-electron chi connectivity index (χ3n) is 4.31. The second-order valence-corrected chi connectivity index (χ2v) is 7.78. The molecule has 1 heterocycles. The lowest BCUT2D eigenvalue weighted by atomic mass is 9.88. The maximum atomic E-state index is 12.5. The zero-order valence-electron chi connectivity index (χ0n) is 13.2. The molecule has 0 aromatic carbocycles. The van der Waals surface area contributed by atoms with Gasteiger partial charge in [0.15, 0.2) is 0 Å². The molecule has 1 aromatic rings. The van der Waals surface area contributed by atoms with Gasteiger partial charge in [-0.2, -0.15) is 0 Å². The molecule has 0 saturated heterocycles. The van der Waals surface area contributed by atoms with Crippen LogP contribution in [-0.2, 0) is 23.1 Å². The summed E-state index contributed by atoms with van der Waals surface area (Å²) in [6.45, 7) is 5.69. The van der Waals surface area contributed by atoms with Crippen LogP contribution in [0.15, 0.2) is 17.2 Å². The normalized spacial score (nSPS) is 23.4. The Morgan fingerprint density at radius 2 is 1.95 bits per heavy atom. The molecule has 0 aliphatic heterocycles. The van der Waals surface area contributed by atoms with Crippen LogP contribution in [0.25, 0.3) is 0 Å². The molecule has 0 bridgehead atoms. The molecule has 1 aliphatic rings. The van der Waals surface area contributed by atoms with Crippen LogP contribution >= 0.6 is 0 Å². The first-order valence-electron chi connectivity index (χ1n) is 7.82. The van der Waals surface area contributed by atoms with Crippen molar-refractivity contribution in [1.29, 1.82) is 0 Å². The quantitative estimate of drug-likeness (QED) is 0.845. The largest absolute Gasteiger partial charge is 0.349 e. The molecule has 0 unspecified atom stereocenters. The lowest BCUT2D eigenvalue weighted by Gasteiger charge is -2.26. The van der Waals surface area contributed by atoms with E-state index in [1.165, 1.54) is 0 Å². The minimum atomic E-state index is -3.41. The lowest BCUT2D eigenvalue weighted by Crippen LogP contribution is -2.37. The van der Waals surface area contributed by atoms with Gasteiger partial charge in [0.1, 0.15) is 0 Å². The second-order valence-electron chi connectivity index (χ2n) is 6.06. The highest BCUT2D eigenvalue weighted by Crippen LogP contribution is 2.25. The third-order valence-corrected chi connectivity index (χ3v) is 5.79. The van der Waals surface area contributed by atoms with Crippen molar-refractivity contribution in [3.63, 3.8) is 0 Å². The first kappa shape index (κ1) is 16.5. The first-order valence-corrected chi connectivity index (χ1v) is 9.30. The number of nitrogens with one attached hydrogen (secondary N) is 2. The summed E-state index contributed by atoms with van der Waals surface area (Å²) >= 11 is 0. The van der Waals surface area contributed by atoms with E-state index in [1.807, 2.05) is 18.5 Å². The smallest absolute Gasteiger partial charge is 0.242 e. The van der Waals surface area contributed by atoms with E-state index in [-0.39, 0.29) is 6.04 Å². The van der Waals surface area contributed by atoms with E-state index < -0.39 is 10.0 Å². The maximum absolute atomic E-state index is 12.5. The van der Waals surface area contributed by atoms with Gasteiger partial charge in [0.05, 0.1) is 4.90 Å². The number of nitrogens with zero attached hydrogens (tertiary/aromatic N) is 1. The number of sulfonamides is 1. The Morgan fingerprint density at radius 3 is 2.52 bits per heavy atom. The summed E-state index contributed by atoms with van der Waals surface area (Å²) in [5.41, 5.74) is 0.998. The fourth-order valence-corrected chi connectivity index (χ4v) is 4.33. The number of aryl methyl sites for hydroxylation is 1. The minimum absolute atomic E-state index is 0.0870. The van der Waals surface area contributed by atoms with Crippen molar-refractivity contribution in [2.75, 3.05) is 7.05 Å². The van der Waals surface area contributed by atoms with Crippen molar-refractivity contribution in [3.8, 4) is 0 Å². The van der Waals surface area contributed by atoms with Crippen molar-refractivity contribution in [1.82, 2.24) is 14.6 Å². The van der Waals surface area contributed by atoms with Gasteiger partial charge in [-0.05, 0) is 51.6 Å². The van der Waals surface area contributed by atoms with E-state index in [4.69, 9.17) is 0 Å². The number of hydrogen-bond donors (Lipinski definition) is 2. The highest BCUT2D eigenvalue weighted by Gasteiger charge is 2.25. The van der Waals surface area contributed by atoms with Crippen LogP contribution in [0.4, 0.5) is 0 Å². The fourth-order valence-electron chi connectivity index (χ4n) is 2.96. The topological polar surface area (TPSA) is 63.1 Å². The van der Waals surface area contributed by atoms with Gasteiger partial charge in [0.25, 0.3) is 0 Å². The van der Waals surface area contributed by atoms with E-state index in [0.29, 0.717) is 17.4 Å². The molecular formula is C15H27N3O2S. The Morgan fingerprint density at radius 1 is 1.29 bits per heavy atom. The zero-order chi connectivity index (χ0) is 15.5. The molecule has 1 aromatic heterocycles. The Kier molecular flexibility index (Phi) is 5.46. The van der Waals surface area contributed by atoms with Gasteiger partial charge in [0, 0.05) is 31.0 Å². The molecule has 2 N–H and O–H groups in total. The summed E-state index contributed by atoms with van der Waals surface area (Å²) < 4.78 is 29.9. The summed E-state index contributed by atoms with van der Waals surface area (Å²) in [5, 5.41) is 3.07. The molecule has 0 spiro atoms. The van der Waals surface area contributed by atoms with Crippen LogP contribution in [0.2, 0.25) is 0 Å². The SMILES string of the molecule is CCn1cc(S(=O)(=O)NC2CCC(C)CC2)cc1CNC. The van der Waals surface area contributed by atoms with Crippen molar-refractivity contribution < 1.29 is 8.42 Å². The predicted octanol–water partition coefficient (Wildman–Crippen LogP) is 2.08. The van der Waals surface area contributed by atoms with E-state index in [2.05, 4.69) is 17.0 Å². The molecule has 0 amide bonds. The zero-order valence-corrected chi connectivity index (χ0v) is 14.0. The van der Waals surface area contributed by atoms with Crippen molar-refractivity contribution in [2.45, 2.75) is 63.6 Å². The van der Waals surface area contributed by atoms with Gasteiger partial charge in [-0.1, -0.05) is 6.92 Å². The number of aromatic nitrogens is 1. The monoisotopic (exact) mass is 313 g/mol. The lowest BCUT2D eigenvalue weighted by molar-refractivity contribution is 0.332. The molecule has 0 atom stereocenters. The van der Waals surface area contributed by atoms with Crippen LogP contribution < -0.4 is 10.0 Å². The molecular weight excluding hydrogens is 286 g/mol. The predicted molar refractivity (Wildman–Crippen MR) is 84.6 cm³/mol. The van der Waals surface area contributed by atoms with E-state index >= 15 is 0 Å². The van der Waals surface area contributed by atoms with E-state index in [0.717, 1.165) is 37.9 Å². The van der Waals surface area contributed by atoms with E-state index in [1.54, 1.807) is 12.3 Å². The van der Waals surface area contributed by atoms with Crippen LogP contribution in [-0.4, -0.2) is 26.1 Å². The summed E-state index contributed by atoms with van der Waals surface area (Å²) in [5.74, 6) is 0.717. The molecule has 1 saturated carbocycles. The molecule has 21 heavy (non-hydrogen) atoms. The summed E-state index contributed by atoms with van der Waals surface area (Å²) in [6.07, 6.45) is 5.83.